The van der Waals surface area contributed by atoms with Crippen LogP contribution in [0.3, 0.4) is 0 Å². The topological polar surface area (TPSA) is 108 Å². The van der Waals surface area contributed by atoms with Gasteiger partial charge in [-0.05, 0) is 26.3 Å². The number of aryl methyl sites for hydroxylation is 1. The number of nitro benzene ring substituents is 1. The van der Waals surface area contributed by atoms with Crippen molar-refractivity contribution < 1.29 is 9.45 Å². The van der Waals surface area contributed by atoms with Crippen molar-refractivity contribution in [3.63, 3.8) is 0 Å². The fourth-order valence-corrected chi connectivity index (χ4v) is 1.56. The van der Waals surface area contributed by atoms with Gasteiger partial charge in [0.15, 0.2) is 0 Å². The molecule has 1 aromatic heterocycles. The molecule has 2 rings (SSSR count). The maximum atomic E-state index is 10.8. The van der Waals surface area contributed by atoms with Crippen molar-refractivity contribution in [2.45, 2.75) is 26.3 Å². The van der Waals surface area contributed by atoms with Crippen molar-refractivity contribution in [1.82, 2.24) is 10.1 Å². The summed E-state index contributed by atoms with van der Waals surface area (Å²) < 4.78 is 5.08. The summed E-state index contributed by atoms with van der Waals surface area (Å²) in [4.78, 5) is 14.5. The molecule has 0 atom stereocenters. The van der Waals surface area contributed by atoms with E-state index in [-0.39, 0.29) is 11.6 Å². The van der Waals surface area contributed by atoms with E-state index < -0.39 is 10.5 Å². The number of nitrogens with two attached hydrogens (primary N) is 1. The Morgan fingerprint density at radius 1 is 1.42 bits per heavy atom. The first kappa shape index (κ1) is 13.2. The Kier molecular flexibility index (Phi) is 3.07. The van der Waals surface area contributed by atoms with Crippen LogP contribution in [-0.4, -0.2) is 15.1 Å². The summed E-state index contributed by atoms with van der Waals surface area (Å²) in [5.74, 6) is 0.586. The van der Waals surface area contributed by atoms with Crippen molar-refractivity contribution >= 4 is 5.69 Å². The van der Waals surface area contributed by atoms with Crippen molar-refractivity contribution in [1.29, 1.82) is 0 Å². The van der Waals surface area contributed by atoms with Gasteiger partial charge >= 0.3 is 0 Å². The SMILES string of the molecule is Cc1ccc([N+](=O)[O-])cc1-c1noc(C(C)(C)N)n1. The molecule has 0 unspecified atom stereocenters. The average molecular weight is 262 g/mol. The van der Waals surface area contributed by atoms with E-state index in [1.807, 2.05) is 6.92 Å². The van der Waals surface area contributed by atoms with Crippen LogP contribution in [0, 0.1) is 17.0 Å². The molecule has 1 aromatic carbocycles. The van der Waals surface area contributed by atoms with Crippen LogP contribution in [0.1, 0.15) is 25.3 Å². The van der Waals surface area contributed by atoms with Crippen LogP contribution < -0.4 is 5.73 Å². The lowest BCUT2D eigenvalue weighted by atomic mass is 10.1. The Balaban J connectivity index is 2.49. The van der Waals surface area contributed by atoms with Gasteiger partial charge in [0, 0.05) is 17.7 Å². The quantitative estimate of drug-likeness (QED) is 0.670. The van der Waals surface area contributed by atoms with E-state index in [2.05, 4.69) is 10.1 Å². The number of rotatable bonds is 3. The predicted octanol–water partition coefficient (Wildman–Crippen LogP) is 2.15. The molecule has 0 amide bonds. The summed E-state index contributed by atoms with van der Waals surface area (Å²) >= 11 is 0. The minimum atomic E-state index is -0.750. The molecular weight excluding hydrogens is 248 g/mol. The number of aromatic nitrogens is 2. The van der Waals surface area contributed by atoms with Crippen LogP contribution in [0.2, 0.25) is 0 Å². The van der Waals surface area contributed by atoms with Crippen molar-refractivity contribution in [2.24, 2.45) is 5.73 Å². The van der Waals surface area contributed by atoms with Crippen LogP contribution in [0.15, 0.2) is 22.7 Å². The van der Waals surface area contributed by atoms with E-state index in [0.29, 0.717) is 11.4 Å². The van der Waals surface area contributed by atoms with E-state index in [1.54, 1.807) is 19.9 Å². The maximum Gasteiger partial charge on any atom is 0.270 e. The number of benzene rings is 1. The summed E-state index contributed by atoms with van der Waals surface area (Å²) in [6.07, 6.45) is 0. The molecular formula is C12H14N4O3. The number of hydrogen-bond donors (Lipinski definition) is 1. The van der Waals surface area contributed by atoms with Crippen LogP contribution in [-0.2, 0) is 5.54 Å². The monoisotopic (exact) mass is 262 g/mol. The molecule has 0 aliphatic carbocycles. The van der Waals surface area contributed by atoms with Gasteiger partial charge in [-0.2, -0.15) is 4.98 Å². The van der Waals surface area contributed by atoms with Gasteiger partial charge in [-0.3, -0.25) is 10.1 Å². The van der Waals surface area contributed by atoms with Gasteiger partial charge in [-0.25, -0.2) is 0 Å². The molecule has 0 bridgehead atoms. The van der Waals surface area contributed by atoms with Crippen LogP contribution >= 0.6 is 0 Å². The van der Waals surface area contributed by atoms with Crippen molar-refractivity contribution in [3.05, 3.63) is 39.8 Å². The molecule has 2 aromatic rings. The Hall–Kier alpha value is -2.28. The summed E-state index contributed by atoms with van der Waals surface area (Å²) in [6.45, 7) is 5.30. The Labute approximate surface area is 109 Å². The van der Waals surface area contributed by atoms with Crippen LogP contribution in [0.4, 0.5) is 5.69 Å². The smallest absolute Gasteiger partial charge is 0.270 e. The second kappa shape index (κ2) is 4.43. The zero-order chi connectivity index (χ0) is 14.2. The molecule has 0 fully saturated rings. The number of nitrogens with zero attached hydrogens (tertiary/aromatic N) is 3. The summed E-state index contributed by atoms with van der Waals surface area (Å²) in [7, 11) is 0. The molecule has 0 spiro atoms. The molecule has 0 radical (unpaired) electrons. The average Bonchev–Trinajstić information content (AvgIpc) is 2.78. The lowest BCUT2D eigenvalue weighted by Gasteiger charge is -2.10. The zero-order valence-electron chi connectivity index (χ0n) is 10.9. The molecule has 100 valence electrons. The van der Waals surface area contributed by atoms with Gasteiger partial charge in [0.05, 0.1) is 10.5 Å². The highest BCUT2D eigenvalue weighted by Crippen LogP contribution is 2.26. The molecule has 0 aliphatic heterocycles. The third-order valence-electron chi connectivity index (χ3n) is 2.65. The second-order valence-corrected chi connectivity index (χ2v) is 4.90. The Bertz CT molecular complexity index is 628. The maximum absolute atomic E-state index is 10.8. The molecule has 1 heterocycles. The van der Waals surface area contributed by atoms with E-state index in [4.69, 9.17) is 10.3 Å². The Morgan fingerprint density at radius 3 is 2.63 bits per heavy atom. The van der Waals surface area contributed by atoms with Gasteiger partial charge in [-0.1, -0.05) is 11.2 Å². The van der Waals surface area contributed by atoms with Gasteiger partial charge < -0.3 is 10.3 Å². The molecule has 2 N–H and O–H groups in total. The van der Waals surface area contributed by atoms with Gasteiger partial charge in [0.2, 0.25) is 11.7 Å². The first-order valence-corrected chi connectivity index (χ1v) is 5.67. The standard InChI is InChI=1S/C12H14N4O3/c1-7-4-5-8(16(17)18)6-9(7)10-14-11(19-15-10)12(2,3)13/h4-6H,13H2,1-3H3. The second-order valence-electron chi connectivity index (χ2n) is 4.90. The number of nitro groups is 1. The third-order valence-corrected chi connectivity index (χ3v) is 2.65. The first-order valence-electron chi connectivity index (χ1n) is 5.67. The first-order chi connectivity index (χ1) is 8.79. The van der Waals surface area contributed by atoms with E-state index >= 15 is 0 Å². The fourth-order valence-electron chi connectivity index (χ4n) is 1.56. The van der Waals surface area contributed by atoms with E-state index in [1.165, 1.54) is 12.1 Å². The molecule has 19 heavy (non-hydrogen) atoms. The molecule has 7 heteroatoms. The zero-order valence-corrected chi connectivity index (χ0v) is 10.9. The van der Waals surface area contributed by atoms with Crippen LogP contribution in [0.25, 0.3) is 11.4 Å². The minimum Gasteiger partial charge on any atom is -0.337 e. The molecule has 0 saturated heterocycles. The normalized spacial score (nSPS) is 11.6. The highest BCUT2D eigenvalue weighted by molar-refractivity contribution is 5.63. The van der Waals surface area contributed by atoms with Crippen molar-refractivity contribution in [3.8, 4) is 11.4 Å². The third kappa shape index (κ3) is 2.60. The Morgan fingerprint density at radius 2 is 2.11 bits per heavy atom. The summed E-state index contributed by atoms with van der Waals surface area (Å²) in [6, 6.07) is 4.51. The molecule has 7 nitrogen and oxygen atoms in total. The molecule has 0 aliphatic rings. The van der Waals surface area contributed by atoms with Gasteiger partial charge in [-0.15, -0.1) is 0 Å². The van der Waals surface area contributed by atoms with Crippen molar-refractivity contribution in [2.75, 3.05) is 0 Å². The molecule has 0 saturated carbocycles. The van der Waals surface area contributed by atoms with E-state index in [0.717, 1.165) is 5.56 Å². The van der Waals surface area contributed by atoms with Gasteiger partial charge in [0.25, 0.3) is 5.69 Å². The highest BCUT2D eigenvalue weighted by Gasteiger charge is 2.23. The minimum absolute atomic E-state index is 0.0149. The van der Waals surface area contributed by atoms with Gasteiger partial charge in [0.1, 0.15) is 0 Å². The number of hydrogen-bond acceptors (Lipinski definition) is 6. The van der Waals surface area contributed by atoms with Crippen LogP contribution in [0.5, 0.6) is 0 Å². The van der Waals surface area contributed by atoms with E-state index in [9.17, 15) is 10.1 Å². The fraction of sp³-hybridized carbons (Fsp3) is 0.333. The largest absolute Gasteiger partial charge is 0.337 e. The predicted molar refractivity (Wildman–Crippen MR) is 68.3 cm³/mol. The highest BCUT2D eigenvalue weighted by atomic mass is 16.6. The summed E-state index contributed by atoms with van der Waals surface area (Å²) in [5.41, 5.74) is 6.48. The lowest BCUT2D eigenvalue weighted by Crippen LogP contribution is -2.28. The lowest BCUT2D eigenvalue weighted by molar-refractivity contribution is -0.384. The summed E-state index contributed by atoms with van der Waals surface area (Å²) in [5, 5.41) is 14.6. The number of non-ortho nitro benzene ring substituents is 1.